The van der Waals surface area contributed by atoms with Crippen molar-refractivity contribution in [2.24, 2.45) is 0 Å². The molecule has 166 valence electrons. The van der Waals surface area contributed by atoms with E-state index in [0.29, 0.717) is 19.6 Å². The van der Waals surface area contributed by atoms with Crippen LogP contribution in [0.1, 0.15) is 12.5 Å². The summed E-state index contributed by atoms with van der Waals surface area (Å²) >= 11 is 0. The Morgan fingerprint density at radius 2 is 1.74 bits per heavy atom. The third kappa shape index (κ3) is 6.46. The van der Waals surface area contributed by atoms with E-state index in [4.69, 9.17) is 9.47 Å². The topological polar surface area (TPSA) is 72.3 Å². The van der Waals surface area contributed by atoms with Crippen molar-refractivity contribution in [2.45, 2.75) is 19.4 Å². The van der Waals surface area contributed by atoms with Crippen LogP contribution in [0, 0.1) is 0 Å². The molecule has 0 saturated carbocycles. The quantitative estimate of drug-likeness (QED) is 0.578. The molecule has 1 atom stereocenters. The molecule has 0 aromatic heterocycles. The summed E-state index contributed by atoms with van der Waals surface area (Å²) in [4.78, 5) is 28.3. The van der Waals surface area contributed by atoms with Gasteiger partial charge in [-0.2, -0.15) is 0 Å². The number of rotatable bonds is 9. The van der Waals surface area contributed by atoms with Crippen molar-refractivity contribution in [3.05, 3.63) is 60.2 Å². The molecule has 7 nitrogen and oxygen atoms in total. The van der Waals surface area contributed by atoms with E-state index in [-0.39, 0.29) is 5.91 Å². The molecule has 7 heteroatoms. The lowest BCUT2D eigenvalue weighted by atomic mass is 10.1. The number of anilines is 1. The van der Waals surface area contributed by atoms with Gasteiger partial charge in [0.2, 0.25) is 0 Å². The molecule has 3 rings (SSSR count). The standard InChI is InChI=1S/C24H31N3O4/c1-3-31-22-12-8-7-11-21(22)27-15-13-26(14-16-27)18-23(28)25-20(24(29)30-2)17-19-9-5-4-6-10-19/h4-12,20H,3,13-18H2,1-2H3,(H,25,28)/p+1/t20-/m0/s1. The second kappa shape index (κ2) is 11.4. The fourth-order valence-corrected chi connectivity index (χ4v) is 3.89. The summed E-state index contributed by atoms with van der Waals surface area (Å²) in [6.07, 6.45) is 0.413. The number of amides is 1. The monoisotopic (exact) mass is 426 g/mol. The smallest absolute Gasteiger partial charge is 0.328 e. The van der Waals surface area contributed by atoms with Crippen LogP contribution in [0.15, 0.2) is 54.6 Å². The normalized spacial score (nSPS) is 15.2. The number of quaternary nitrogens is 1. The van der Waals surface area contributed by atoms with Crippen molar-refractivity contribution in [1.82, 2.24) is 5.32 Å². The number of methoxy groups -OCH3 is 1. The van der Waals surface area contributed by atoms with Gasteiger partial charge in [0.05, 0.1) is 45.6 Å². The van der Waals surface area contributed by atoms with Gasteiger partial charge in [-0.3, -0.25) is 4.79 Å². The highest BCUT2D eigenvalue weighted by molar-refractivity contribution is 5.85. The third-order valence-electron chi connectivity index (χ3n) is 5.49. The number of hydrogen-bond donors (Lipinski definition) is 2. The van der Waals surface area contributed by atoms with Crippen molar-refractivity contribution in [2.75, 3.05) is 51.3 Å². The van der Waals surface area contributed by atoms with Crippen LogP contribution in [0.3, 0.4) is 0 Å². The van der Waals surface area contributed by atoms with Crippen LogP contribution in [0.2, 0.25) is 0 Å². The van der Waals surface area contributed by atoms with E-state index in [9.17, 15) is 9.59 Å². The van der Waals surface area contributed by atoms with Gasteiger partial charge >= 0.3 is 5.97 Å². The molecule has 1 aliphatic heterocycles. The van der Waals surface area contributed by atoms with Crippen LogP contribution < -0.4 is 19.9 Å². The summed E-state index contributed by atoms with van der Waals surface area (Å²) in [7, 11) is 1.34. The van der Waals surface area contributed by atoms with Crippen LogP contribution in [0.5, 0.6) is 5.75 Å². The van der Waals surface area contributed by atoms with Gasteiger partial charge in [-0.15, -0.1) is 0 Å². The molecule has 0 spiro atoms. The maximum Gasteiger partial charge on any atom is 0.328 e. The molecule has 0 bridgehead atoms. The molecule has 0 radical (unpaired) electrons. The van der Waals surface area contributed by atoms with Crippen LogP contribution >= 0.6 is 0 Å². The van der Waals surface area contributed by atoms with Gasteiger partial charge in [-0.05, 0) is 24.6 Å². The molecule has 0 aliphatic carbocycles. The van der Waals surface area contributed by atoms with E-state index in [1.807, 2.05) is 55.5 Å². The molecule has 1 amide bonds. The Hall–Kier alpha value is -3.06. The van der Waals surface area contributed by atoms with Gasteiger partial charge in [0.15, 0.2) is 6.54 Å². The van der Waals surface area contributed by atoms with Crippen molar-refractivity contribution in [3.63, 3.8) is 0 Å². The molecular formula is C24H32N3O4+. The van der Waals surface area contributed by atoms with Crippen molar-refractivity contribution < 1.29 is 24.0 Å². The summed E-state index contributed by atoms with van der Waals surface area (Å²) in [5, 5.41) is 2.86. The second-order valence-corrected chi connectivity index (χ2v) is 7.65. The lowest BCUT2D eigenvalue weighted by Crippen LogP contribution is -3.16. The highest BCUT2D eigenvalue weighted by Gasteiger charge is 2.27. The van der Waals surface area contributed by atoms with Gasteiger partial charge in [-0.25, -0.2) is 4.79 Å². The van der Waals surface area contributed by atoms with Gasteiger partial charge in [0, 0.05) is 6.42 Å². The van der Waals surface area contributed by atoms with E-state index in [1.165, 1.54) is 12.0 Å². The first-order valence-corrected chi connectivity index (χ1v) is 10.8. The van der Waals surface area contributed by atoms with E-state index in [1.54, 1.807) is 0 Å². The number of carbonyl (C=O) groups is 2. The van der Waals surface area contributed by atoms with E-state index < -0.39 is 12.0 Å². The highest BCUT2D eigenvalue weighted by Crippen LogP contribution is 2.27. The molecule has 2 aromatic rings. The number of ether oxygens (including phenoxy) is 2. The fourth-order valence-electron chi connectivity index (χ4n) is 3.89. The molecule has 1 heterocycles. The predicted molar refractivity (Wildman–Crippen MR) is 119 cm³/mol. The van der Waals surface area contributed by atoms with Crippen LogP contribution in [-0.4, -0.2) is 64.4 Å². The molecule has 1 aliphatic rings. The predicted octanol–water partition coefficient (Wildman–Crippen LogP) is 0.691. The molecule has 31 heavy (non-hydrogen) atoms. The molecule has 2 aromatic carbocycles. The first kappa shape index (κ1) is 22.6. The number of benzene rings is 2. The maximum atomic E-state index is 12.6. The summed E-state index contributed by atoms with van der Waals surface area (Å²) in [6, 6.07) is 17.0. The Balaban J connectivity index is 1.52. The van der Waals surface area contributed by atoms with Crippen LogP contribution in [0.4, 0.5) is 5.69 Å². The summed E-state index contributed by atoms with van der Waals surface area (Å²) < 4.78 is 10.6. The average molecular weight is 427 g/mol. The maximum absolute atomic E-state index is 12.6. The largest absolute Gasteiger partial charge is 0.492 e. The van der Waals surface area contributed by atoms with E-state index in [0.717, 1.165) is 43.2 Å². The Labute approximate surface area is 183 Å². The zero-order valence-electron chi connectivity index (χ0n) is 18.3. The Morgan fingerprint density at radius 3 is 2.42 bits per heavy atom. The number of hydrogen-bond acceptors (Lipinski definition) is 5. The van der Waals surface area contributed by atoms with Crippen LogP contribution in [0.25, 0.3) is 0 Å². The van der Waals surface area contributed by atoms with Gasteiger partial charge in [0.25, 0.3) is 5.91 Å². The number of nitrogens with one attached hydrogen (secondary N) is 2. The summed E-state index contributed by atoms with van der Waals surface area (Å²) in [5.41, 5.74) is 2.08. The van der Waals surface area contributed by atoms with Crippen molar-refractivity contribution in [1.29, 1.82) is 0 Å². The number of carbonyl (C=O) groups excluding carboxylic acids is 2. The van der Waals surface area contributed by atoms with Gasteiger partial charge < -0.3 is 24.6 Å². The van der Waals surface area contributed by atoms with Crippen molar-refractivity contribution >= 4 is 17.6 Å². The second-order valence-electron chi connectivity index (χ2n) is 7.65. The van der Waals surface area contributed by atoms with Crippen molar-refractivity contribution in [3.8, 4) is 5.75 Å². The Morgan fingerprint density at radius 1 is 1.06 bits per heavy atom. The Kier molecular flexibility index (Phi) is 8.29. The number of nitrogens with zero attached hydrogens (tertiary/aromatic N) is 1. The first-order chi connectivity index (χ1) is 15.1. The molecular weight excluding hydrogens is 394 g/mol. The van der Waals surface area contributed by atoms with Gasteiger partial charge in [-0.1, -0.05) is 42.5 Å². The highest BCUT2D eigenvalue weighted by atomic mass is 16.5. The molecule has 1 fully saturated rings. The molecule has 0 unspecified atom stereocenters. The number of piperazine rings is 1. The van der Waals surface area contributed by atoms with E-state index >= 15 is 0 Å². The number of esters is 1. The minimum absolute atomic E-state index is 0.135. The summed E-state index contributed by atoms with van der Waals surface area (Å²) in [6.45, 7) is 6.33. The zero-order chi connectivity index (χ0) is 22.1. The minimum atomic E-state index is -0.682. The van der Waals surface area contributed by atoms with E-state index in [2.05, 4.69) is 16.3 Å². The average Bonchev–Trinajstić information content (AvgIpc) is 2.80. The lowest BCUT2D eigenvalue weighted by Gasteiger charge is -2.34. The van der Waals surface area contributed by atoms with Crippen LogP contribution in [-0.2, 0) is 20.7 Å². The van der Waals surface area contributed by atoms with Gasteiger partial charge in [0.1, 0.15) is 11.8 Å². The zero-order valence-corrected chi connectivity index (χ0v) is 18.3. The third-order valence-corrected chi connectivity index (χ3v) is 5.49. The Bertz CT molecular complexity index is 851. The first-order valence-electron chi connectivity index (χ1n) is 10.8. The molecule has 1 saturated heterocycles. The molecule has 2 N–H and O–H groups in total. The lowest BCUT2D eigenvalue weighted by molar-refractivity contribution is -0.892. The summed E-state index contributed by atoms with van der Waals surface area (Å²) in [5.74, 6) is 0.335. The fraction of sp³-hybridized carbons (Fsp3) is 0.417. The SMILES string of the molecule is CCOc1ccccc1N1CC[NH+](CC(=O)N[C@@H](Cc2ccccc2)C(=O)OC)CC1. The number of para-hydroxylation sites is 2. The minimum Gasteiger partial charge on any atom is -0.492 e.